The molecule has 2 atom stereocenters. The number of halogens is 2. The lowest BCUT2D eigenvalue weighted by molar-refractivity contribution is 0.152. The second kappa shape index (κ2) is 3.73. The first-order chi connectivity index (χ1) is 6.61. The summed E-state index contributed by atoms with van der Waals surface area (Å²) >= 11 is 12.2. The minimum atomic E-state index is -0.451. The Hall–Kier alpha value is -0.240. The van der Waals surface area contributed by atoms with Crippen LogP contribution in [0.1, 0.15) is 42.9 Å². The molecule has 2 rings (SSSR count). The molecule has 1 aliphatic carbocycles. The Labute approximate surface area is 93.7 Å². The van der Waals surface area contributed by atoms with E-state index in [0.29, 0.717) is 10.9 Å². The van der Waals surface area contributed by atoms with Crippen molar-refractivity contribution in [1.82, 2.24) is 0 Å². The molecule has 1 aromatic rings. The molecule has 0 aliphatic heterocycles. The normalized spacial score (nSPS) is 26.0. The molecule has 0 fully saturated rings. The quantitative estimate of drug-likeness (QED) is 0.717. The van der Waals surface area contributed by atoms with Gasteiger partial charge in [0, 0.05) is 15.6 Å². The molecule has 1 aliphatic rings. The lowest BCUT2D eigenvalue weighted by atomic mass is 9.82. The molecule has 0 saturated carbocycles. The molecule has 0 spiro atoms. The molecule has 1 unspecified atom stereocenters. The molecule has 0 radical (unpaired) electrons. The van der Waals surface area contributed by atoms with Crippen LogP contribution >= 0.6 is 23.2 Å². The van der Waals surface area contributed by atoms with Crippen LogP contribution < -0.4 is 0 Å². The predicted molar refractivity (Wildman–Crippen MR) is 59.1 cm³/mol. The van der Waals surface area contributed by atoms with Crippen LogP contribution in [0.25, 0.3) is 0 Å². The Morgan fingerprint density at radius 3 is 2.29 bits per heavy atom. The zero-order valence-corrected chi connectivity index (χ0v) is 9.44. The van der Waals surface area contributed by atoms with Crippen molar-refractivity contribution in [3.63, 3.8) is 0 Å². The molecular formula is C11H12Cl2O. The molecular weight excluding hydrogens is 219 g/mol. The molecule has 0 saturated heterocycles. The van der Waals surface area contributed by atoms with Gasteiger partial charge in [-0.05, 0) is 36.5 Å². The zero-order chi connectivity index (χ0) is 10.3. The SMILES string of the molecule is CC1CC[C@@H](O)c2c(Cl)ccc(Cl)c21. The van der Waals surface area contributed by atoms with Crippen LogP contribution in [-0.4, -0.2) is 5.11 Å². The Kier molecular flexibility index (Phi) is 2.74. The van der Waals surface area contributed by atoms with Crippen LogP contribution in [0.5, 0.6) is 0 Å². The van der Waals surface area contributed by atoms with Gasteiger partial charge in [0.25, 0.3) is 0 Å². The van der Waals surface area contributed by atoms with Crippen molar-refractivity contribution < 1.29 is 5.11 Å². The maximum absolute atomic E-state index is 9.84. The summed E-state index contributed by atoms with van der Waals surface area (Å²) in [5, 5.41) is 11.2. The van der Waals surface area contributed by atoms with Gasteiger partial charge in [0.1, 0.15) is 0 Å². The fourth-order valence-electron chi connectivity index (χ4n) is 2.12. The number of rotatable bonds is 0. The number of hydrogen-bond acceptors (Lipinski definition) is 1. The van der Waals surface area contributed by atoms with E-state index >= 15 is 0 Å². The van der Waals surface area contributed by atoms with Crippen LogP contribution in [-0.2, 0) is 0 Å². The van der Waals surface area contributed by atoms with E-state index < -0.39 is 6.10 Å². The average Bonchev–Trinajstić information content (AvgIpc) is 2.16. The fourth-order valence-corrected chi connectivity index (χ4v) is 2.76. The summed E-state index contributed by atoms with van der Waals surface area (Å²) < 4.78 is 0. The molecule has 0 bridgehead atoms. The Balaban J connectivity index is 2.65. The van der Waals surface area contributed by atoms with Gasteiger partial charge in [-0.3, -0.25) is 0 Å². The van der Waals surface area contributed by atoms with Crippen molar-refractivity contribution >= 4 is 23.2 Å². The second-order valence-electron chi connectivity index (χ2n) is 3.85. The van der Waals surface area contributed by atoms with E-state index in [1.807, 2.05) is 0 Å². The molecule has 1 nitrogen and oxygen atoms in total. The molecule has 14 heavy (non-hydrogen) atoms. The largest absolute Gasteiger partial charge is 0.388 e. The van der Waals surface area contributed by atoms with Crippen LogP contribution in [0.4, 0.5) is 0 Å². The first-order valence-corrected chi connectivity index (χ1v) is 5.52. The predicted octanol–water partition coefficient (Wildman–Crippen LogP) is 3.92. The van der Waals surface area contributed by atoms with E-state index in [-0.39, 0.29) is 0 Å². The number of fused-ring (bicyclic) bond motifs is 1. The van der Waals surface area contributed by atoms with Gasteiger partial charge in [-0.1, -0.05) is 30.1 Å². The fraction of sp³-hybridized carbons (Fsp3) is 0.455. The van der Waals surface area contributed by atoms with Crippen LogP contribution in [0, 0.1) is 0 Å². The Bertz CT molecular complexity index is 328. The number of hydrogen-bond donors (Lipinski definition) is 1. The lowest BCUT2D eigenvalue weighted by Crippen LogP contribution is -2.13. The third-order valence-corrected chi connectivity index (χ3v) is 3.54. The smallest absolute Gasteiger partial charge is 0.0808 e. The molecule has 3 heteroatoms. The van der Waals surface area contributed by atoms with E-state index in [9.17, 15) is 5.11 Å². The second-order valence-corrected chi connectivity index (χ2v) is 4.67. The summed E-state index contributed by atoms with van der Waals surface area (Å²) in [4.78, 5) is 0. The summed E-state index contributed by atoms with van der Waals surface area (Å²) in [6.45, 7) is 2.12. The van der Waals surface area contributed by atoms with Crippen molar-refractivity contribution in [1.29, 1.82) is 0 Å². The molecule has 1 aromatic carbocycles. The van der Waals surface area contributed by atoms with Crippen LogP contribution in [0.3, 0.4) is 0 Å². The summed E-state index contributed by atoms with van der Waals surface area (Å²) in [5.74, 6) is 0.389. The summed E-state index contributed by atoms with van der Waals surface area (Å²) in [6.07, 6.45) is 1.29. The van der Waals surface area contributed by atoms with Crippen molar-refractivity contribution in [3.05, 3.63) is 33.3 Å². The molecule has 0 heterocycles. The highest BCUT2D eigenvalue weighted by atomic mass is 35.5. The number of aliphatic hydroxyl groups is 1. The molecule has 0 amide bonds. The van der Waals surface area contributed by atoms with E-state index in [2.05, 4.69) is 6.92 Å². The maximum Gasteiger partial charge on any atom is 0.0808 e. The van der Waals surface area contributed by atoms with Crippen LogP contribution in [0.15, 0.2) is 12.1 Å². The van der Waals surface area contributed by atoms with Gasteiger partial charge in [-0.15, -0.1) is 0 Å². The topological polar surface area (TPSA) is 20.2 Å². The molecule has 1 N–H and O–H groups in total. The van der Waals surface area contributed by atoms with Gasteiger partial charge in [-0.25, -0.2) is 0 Å². The standard InChI is InChI=1S/C11H12Cl2O/c1-6-2-5-9(14)11-8(13)4-3-7(12)10(6)11/h3-4,6,9,14H,2,5H2,1H3/t6?,9-/m1/s1. The maximum atomic E-state index is 9.84. The monoisotopic (exact) mass is 230 g/mol. The number of aliphatic hydroxyl groups excluding tert-OH is 1. The van der Waals surface area contributed by atoms with E-state index in [4.69, 9.17) is 23.2 Å². The van der Waals surface area contributed by atoms with Crippen LogP contribution in [0.2, 0.25) is 10.0 Å². The van der Waals surface area contributed by atoms with Crippen molar-refractivity contribution in [2.24, 2.45) is 0 Å². The summed E-state index contributed by atoms with van der Waals surface area (Å²) in [6, 6.07) is 3.56. The molecule has 0 aromatic heterocycles. The molecule has 76 valence electrons. The first-order valence-electron chi connectivity index (χ1n) is 4.77. The summed E-state index contributed by atoms with van der Waals surface area (Å²) in [5.41, 5.74) is 1.86. The van der Waals surface area contributed by atoms with E-state index in [0.717, 1.165) is 29.0 Å². The van der Waals surface area contributed by atoms with Gasteiger partial charge in [0.2, 0.25) is 0 Å². The van der Waals surface area contributed by atoms with Gasteiger partial charge in [0.05, 0.1) is 6.10 Å². The van der Waals surface area contributed by atoms with Crippen molar-refractivity contribution in [2.75, 3.05) is 0 Å². The Morgan fingerprint density at radius 2 is 1.71 bits per heavy atom. The first kappa shape index (κ1) is 10.3. The van der Waals surface area contributed by atoms with E-state index in [1.165, 1.54) is 0 Å². The van der Waals surface area contributed by atoms with Gasteiger partial charge < -0.3 is 5.11 Å². The van der Waals surface area contributed by atoms with Gasteiger partial charge in [0.15, 0.2) is 0 Å². The Morgan fingerprint density at radius 1 is 1.14 bits per heavy atom. The minimum absolute atomic E-state index is 0.389. The zero-order valence-electron chi connectivity index (χ0n) is 7.93. The van der Waals surface area contributed by atoms with Crippen molar-refractivity contribution in [3.8, 4) is 0 Å². The minimum Gasteiger partial charge on any atom is -0.388 e. The third kappa shape index (κ3) is 1.54. The number of benzene rings is 1. The average molecular weight is 231 g/mol. The highest BCUT2D eigenvalue weighted by molar-refractivity contribution is 6.34. The van der Waals surface area contributed by atoms with E-state index in [1.54, 1.807) is 12.1 Å². The van der Waals surface area contributed by atoms with Gasteiger partial charge in [-0.2, -0.15) is 0 Å². The highest BCUT2D eigenvalue weighted by Crippen LogP contribution is 2.43. The lowest BCUT2D eigenvalue weighted by Gasteiger charge is -2.28. The van der Waals surface area contributed by atoms with Gasteiger partial charge >= 0.3 is 0 Å². The highest BCUT2D eigenvalue weighted by Gasteiger charge is 2.27. The third-order valence-electron chi connectivity index (χ3n) is 2.88. The van der Waals surface area contributed by atoms with Crippen molar-refractivity contribution in [2.45, 2.75) is 31.8 Å². The summed E-state index contributed by atoms with van der Waals surface area (Å²) in [7, 11) is 0.